The number of para-hydroxylation sites is 1. The number of urea groups is 1. The Kier molecular flexibility index (Phi) is 6.05. The summed E-state index contributed by atoms with van der Waals surface area (Å²) in [5.41, 5.74) is 3.11. The van der Waals surface area contributed by atoms with Crippen LogP contribution in [0.15, 0.2) is 54.6 Å². The van der Waals surface area contributed by atoms with Gasteiger partial charge in [-0.2, -0.15) is 0 Å². The largest absolute Gasteiger partial charge is 0.333 e. The highest BCUT2D eigenvalue weighted by Gasteiger charge is 2.32. The van der Waals surface area contributed by atoms with Crippen LogP contribution in [0, 0.1) is 0 Å². The Morgan fingerprint density at radius 2 is 1.58 bits per heavy atom. The zero-order valence-electron chi connectivity index (χ0n) is 15.8. The third kappa shape index (κ3) is 4.46. The molecule has 0 saturated carbocycles. The first-order valence-electron chi connectivity index (χ1n) is 9.13. The van der Waals surface area contributed by atoms with Crippen molar-refractivity contribution in [3.63, 3.8) is 0 Å². The predicted octanol–water partition coefficient (Wildman–Crippen LogP) is 6.35. The number of nitrogens with zero attached hydrogens (tertiary/aromatic N) is 1. The summed E-state index contributed by atoms with van der Waals surface area (Å²) in [6.07, 6.45) is -0.497. The molecule has 4 rings (SSSR count). The van der Waals surface area contributed by atoms with Crippen LogP contribution in [0.1, 0.15) is 11.1 Å². The second-order valence-corrected chi connectivity index (χ2v) is 9.88. The lowest BCUT2D eigenvalue weighted by Gasteiger charge is -2.33. The van der Waals surface area contributed by atoms with E-state index in [9.17, 15) is 19.1 Å². The van der Waals surface area contributed by atoms with E-state index >= 15 is 0 Å². The SMILES string of the molecule is O=C1NCc2c(-c3ccccc3Cl)cc(CP(=O)(O)O)cc2N1c1c(Cl)cccc1Cl. The maximum atomic E-state index is 12.9. The number of fused-ring (bicyclic) bond motifs is 1. The van der Waals surface area contributed by atoms with Crippen molar-refractivity contribution in [2.45, 2.75) is 12.7 Å². The lowest BCUT2D eigenvalue weighted by molar-refractivity contribution is 0.247. The van der Waals surface area contributed by atoms with Crippen molar-refractivity contribution in [2.75, 3.05) is 4.90 Å². The first kappa shape index (κ1) is 22.2. The second-order valence-electron chi connectivity index (χ2n) is 7.01. The van der Waals surface area contributed by atoms with Crippen molar-refractivity contribution in [2.24, 2.45) is 0 Å². The third-order valence-electron chi connectivity index (χ3n) is 4.86. The molecule has 0 radical (unpaired) electrons. The number of hydrogen-bond acceptors (Lipinski definition) is 2. The Morgan fingerprint density at radius 1 is 0.935 bits per heavy atom. The fraction of sp³-hybridized carbons (Fsp3) is 0.0952. The summed E-state index contributed by atoms with van der Waals surface area (Å²) < 4.78 is 11.7. The van der Waals surface area contributed by atoms with Crippen molar-refractivity contribution in [1.82, 2.24) is 5.32 Å². The van der Waals surface area contributed by atoms with Gasteiger partial charge in [0.2, 0.25) is 0 Å². The highest BCUT2D eigenvalue weighted by atomic mass is 35.5. The van der Waals surface area contributed by atoms with E-state index in [1.807, 2.05) is 12.1 Å². The van der Waals surface area contributed by atoms with Gasteiger partial charge in [-0.05, 0) is 41.5 Å². The van der Waals surface area contributed by atoms with Gasteiger partial charge < -0.3 is 15.1 Å². The fourth-order valence-electron chi connectivity index (χ4n) is 3.63. The number of rotatable bonds is 4. The predicted molar refractivity (Wildman–Crippen MR) is 123 cm³/mol. The van der Waals surface area contributed by atoms with Crippen LogP contribution in [0.2, 0.25) is 15.1 Å². The summed E-state index contributed by atoms with van der Waals surface area (Å²) in [7, 11) is -4.38. The zero-order chi connectivity index (χ0) is 22.3. The Morgan fingerprint density at radius 3 is 2.23 bits per heavy atom. The summed E-state index contributed by atoms with van der Waals surface area (Å²) in [6, 6.07) is 14.8. The van der Waals surface area contributed by atoms with Crippen LogP contribution in [-0.2, 0) is 17.3 Å². The molecule has 1 aliphatic rings. The molecular weight excluding hydrogens is 482 g/mol. The quantitative estimate of drug-likeness (QED) is 0.366. The first-order valence-corrected chi connectivity index (χ1v) is 12.1. The van der Waals surface area contributed by atoms with Crippen molar-refractivity contribution in [1.29, 1.82) is 0 Å². The molecule has 1 heterocycles. The summed E-state index contributed by atoms with van der Waals surface area (Å²) in [4.78, 5) is 33.3. The topological polar surface area (TPSA) is 89.9 Å². The zero-order valence-corrected chi connectivity index (χ0v) is 19.0. The molecule has 0 unspecified atom stereocenters. The lowest BCUT2D eigenvalue weighted by Crippen LogP contribution is -2.41. The van der Waals surface area contributed by atoms with Crippen LogP contribution < -0.4 is 10.2 Å². The summed E-state index contributed by atoms with van der Waals surface area (Å²) in [5.74, 6) is 0. The van der Waals surface area contributed by atoms with Crippen molar-refractivity contribution >= 4 is 59.8 Å². The standard InChI is InChI=1S/C21H16Cl3N2O4P/c22-16-5-2-1-4-13(16)14-8-12(11-31(28,29)30)9-19-15(14)10-25-21(27)26(19)20-17(23)6-3-7-18(20)24/h1-9H,10-11H2,(H,25,27)(H2,28,29,30). The van der Waals surface area contributed by atoms with Crippen LogP contribution in [0.3, 0.4) is 0 Å². The molecule has 0 saturated heterocycles. The van der Waals surface area contributed by atoms with Gasteiger partial charge in [0.05, 0.1) is 27.6 Å². The molecule has 0 fully saturated rings. The van der Waals surface area contributed by atoms with E-state index < -0.39 is 19.8 Å². The Bertz CT molecular complexity index is 1230. The number of nitrogens with one attached hydrogen (secondary N) is 1. The maximum absolute atomic E-state index is 12.9. The van der Waals surface area contributed by atoms with Crippen molar-refractivity contribution < 1.29 is 19.1 Å². The minimum Gasteiger partial charge on any atom is -0.333 e. The summed E-state index contributed by atoms with van der Waals surface area (Å²) in [6.45, 7) is 0.198. The number of halogens is 3. The lowest BCUT2D eigenvalue weighted by atomic mass is 9.94. The average Bonchev–Trinajstić information content (AvgIpc) is 2.68. The molecule has 0 bridgehead atoms. The third-order valence-corrected chi connectivity index (χ3v) is 6.58. The first-order chi connectivity index (χ1) is 14.7. The number of hydrogen-bond donors (Lipinski definition) is 3. The molecule has 6 nitrogen and oxygen atoms in total. The molecule has 3 aromatic carbocycles. The van der Waals surface area contributed by atoms with Crippen LogP contribution >= 0.6 is 42.4 Å². The average molecular weight is 498 g/mol. The number of amides is 2. The minimum absolute atomic E-state index is 0.198. The van der Waals surface area contributed by atoms with E-state index in [1.54, 1.807) is 42.5 Å². The molecule has 0 spiro atoms. The summed E-state index contributed by atoms with van der Waals surface area (Å²) >= 11 is 19.2. The molecule has 10 heteroatoms. The van der Waals surface area contributed by atoms with Crippen LogP contribution in [0.4, 0.5) is 16.2 Å². The van der Waals surface area contributed by atoms with E-state index in [1.165, 1.54) is 4.90 Å². The molecule has 0 atom stereocenters. The molecule has 0 aliphatic carbocycles. The maximum Gasteiger partial charge on any atom is 0.329 e. The summed E-state index contributed by atoms with van der Waals surface area (Å²) in [5, 5.41) is 3.80. The monoisotopic (exact) mass is 496 g/mol. The number of carbonyl (C=O) groups excluding carboxylic acids is 1. The van der Waals surface area contributed by atoms with E-state index in [-0.39, 0.29) is 22.3 Å². The molecule has 1 aliphatic heterocycles. The van der Waals surface area contributed by atoms with Gasteiger partial charge in [-0.3, -0.25) is 9.46 Å². The normalized spacial score (nSPS) is 13.7. The number of carbonyl (C=O) groups is 1. The second kappa shape index (κ2) is 8.47. The van der Waals surface area contributed by atoms with Gasteiger partial charge in [0.15, 0.2) is 0 Å². The van der Waals surface area contributed by atoms with Crippen LogP contribution in [0.5, 0.6) is 0 Å². The molecule has 3 aromatic rings. The minimum atomic E-state index is -4.38. The Hall–Kier alpha value is -2.05. The van der Waals surface area contributed by atoms with Crippen molar-refractivity contribution in [3.8, 4) is 11.1 Å². The molecule has 0 aromatic heterocycles. The van der Waals surface area contributed by atoms with Gasteiger partial charge in [-0.15, -0.1) is 0 Å². The molecule has 31 heavy (non-hydrogen) atoms. The molecule has 3 N–H and O–H groups in total. The highest BCUT2D eigenvalue weighted by Crippen LogP contribution is 2.47. The van der Waals surface area contributed by atoms with Gasteiger partial charge in [0.25, 0.3) is 0 Å². The highest BCUT2D eigenvalue weighted by molar-refractivity contribution is 7.50. The Balaban J connectivity index is 2.02. The van der Waals surface area contributed by atoms with E-state index in [4.69, 9.17) is 34.8 Å². The van der Waals surface area contributed by atoms with Crippen LogP contribution in [0.25, 0.3) is 11.1 Å². The molecule has 2 amide bonds. The van der Waals surface area contributed by atoms with Crippen LogP contribution in [-0.4, -0.2) is 15.8 Å². The van der Waals surface area contributed by atoms with Gasteiger partial charge in [0, 0.05) is 22.7 Å². The van der Waals surface area contributed by atoms with E-state index in [0.29, 0.717) is 27.4 Å². The smallest absolute Gasteiger partial charge is 0.329 e. The van der Waals surface area contributed by atoms with Gasteiger partial charge in [0.1, 0.15) is 0 Å². The van der Waals surface area contributed by atoms with Gasteiger partial charge in [-0.1, -0.05) is 59.1 Å². The van der Waals surface area contributed by atoms with E-state index in [0.717, 1.165) is 5.56 Å². The number of benzene rings is 3. The van der Waals surface area contributed by atoms with Crippen molar-refractivity contribution in [3.05, 3.63) is 80.8 Å². The fourth-order valence-corrected chi connectivity index (χ4v) is 5.09. The van der Waals surface area contributed by atoms with Gasteiger partial charge >= 0.3 is 13.6 Å². The Labute approximate surface area is 193 Å². The number of anilines is 2. The van der Waals surface area contributed by atoms with Gasteiger partial charge in [-0.25, -0.2) is 4.79 Å². The van der Waals surface area contributed by atoms with E-state index in [2.05, 4.69) is 5.32 Å². The molecule has 160 valence electrons. The molecular formula is C21H16Cl3N2O4P.